The normalized spacial score (nSPS) is 18.9. The zero-order chi connectivity index (χ0) is 34.6. The molecule has 1 unspecified atom stereocenters. The topological polar surface area (TPSA) is 110 Å². The van der Waals surface area contributed by atoms with Gasteiger partial charge in [0.2, 0.25) is 5.95 Å². The molecule has 0 saturated carbocycles. The lowest BCUT2D eigenvalue weighted by atomic mass is 9.83. The van der Waals surface area contributed by atoms with E-state index in [0.29, 0.717) is 34.8 Å². The monoisotopic (exact) mass is 663 g/mol. The van der Waals surface area contributed by atoms with E-state index in [1.807, 2.05) is 13.0 Å². The third-order valence-electron chi connectivity index (χ3n) is 9.08. The number of carbonyl (C=O) groups is 1. The molecule has 2 aliphatic rings. The van der Waals surface area contributed by atoms with Gasteiger partial charge >= 0.3 is 6.09 Å². The number of hydrogen-bond acceptors (Lipinski definition) is 8. The maximum atomic E-state index is 14.6. The third kappa shape index (κ3) is 6.97. The van der Waals surface area contributed by atoms with E-state index in [-0.39, 0.29) is 41.9 Å². The summed E-state index contributed by atoms with van der Waals surface area (Å²) in [6.07, 6.45) is 0.640. The van der Waals surface area contributed by atoms with Gasteiger partial charge in [0.25, 0.3) is 5.92 Å². The average molecular weight is 664 g/mol. The second kappa shape index (κ2) is 11.9. The summed E-state index contributed by atoms with van der Waals surface area (Å²) in [6.45, 7) is 18.9. The lowest BCUT2D eigenvalue weighted by Crippen LogP contribution is -2.46. The molecule has 250 valence electrons. The van der Waals surface area contributed by atoms with Gasteiger partial charge in [-0.1, -0.05) is 27.7 Å². The summed E-state index contributed by atoms with van der Waals surface area (Å²) in [4.78, 5) is 24.0. The highest BCUT2D eigenvalue weighted by molar-refractivity contribution is 6.74. The quantitative estimate of drug-likeness (QED) is 0.261. The summed E-state index contributed by atoms with van der Waals surface area (Å²) in [5.74, 6) is -2.65. The molecule has 0 bridgehead atoms. The van der Waals surface area contributed by atoms with Crippen molar-refractivity contribution in [2.45, 2.75) is 90.0 Å². The Hall–Kier alpha value is -4.08. The first-order valence-corrected chi connectivity index (χ1v) is 18.6. The minimum absolute atomic E-state index is 0.0271. The summed E-state index contributed by atoms with van der Waals surface area (Å²) in [5.41, 5.74) is 1.54. The Kier molecular flexibility index (Phi) is 8.65. The fourth-order valence-corrected chi connectivity index (χ4v) is 6.55. The number of alkyl halides is 2. The molecule has 47 heavy (non-hydrogen) atoms. The van der Waals surface area contributed by atoms with Crippen molar-refractivity contribution in [3.63, 3.8) is 0 Å². The van der Waals surface area contributed by atoms with Crippen LogP contribution >= 0.6 is 0 Å². The first kappa shape index (κ1) is 34.3. The molecule has 1 N–H and O–H groups in total. The lowest BCUT2D eigenvalue weighted by molar-refractivity contribution is -0.0404. The predicted octanol–water partition coefficient (Wildman–Crippen LogP) is 8.67. The first-order chi connectivity index (χ1) is 21.7. The summed E-state index contributed by atoms with van der Waals surface area (Å²) in [6, 6.07) is 12.1. The van der Waals surface area contributed by atoms with Gasteiger partial charge in [-0.3, -0.25) is 4.90 Å². The second-order valence-electron chi connectivity index (χ2n) is 15.1. The van der Waals surface area contributed by atoms with Gasteiger partial charge in [0.1, 0.15) is 17.4 Å². The minimum atomic E-state index is -3.00. The number of ether oxygens (including phenoxy) is 2. The maximum absolute atomic E-state index is 14.6. The van der Waals surface area contributed by atoms with Crippen LogP contribution in [0.5, 0.6) is 5.75 Å². The van der Waals surface area contributed by atoms with Crippen molar-refractivity contribution in [3.8, 4) is 23.1 Å². The van der Waals surface area contributed by atoms with E-state index < -0.39 is 31.3 Å². The van der Waals surface area contributed by atoms with Gasteiger partial charge in [-0.15, -0.1) is 0 Å². The molecule has 9 nitrogen and oxygen atoms in total. The van der Waals surface area contributed by atoms with E-state index in [0.717, 1.165) is 5.56 Å². The molecule has 0 radical (unpaired) electrons. The van der Waals surface area contributed by atoms with Crippen LogP contribution in [-0.4, -0.2) is 49.7 Å². The van der Waals surface area contributed by atoms with Crippen LogP contribution in [0, 0.1) is 11.3 Å². The van der Waals surface area contributed by atoms with E-state index in [4.69, 9.17) is 13.9 Å². The highest BCUT2D eigenvalue weighted by Crippen LogP contribution is 2.47. The molecule has 1 amide bonds. The Morgan fingerprint density at radius 1 is 1.13 bits per heavy atom. The van der Waals surface area contributed by atoms with Crippen molar-refractivity contribution < 1.29 is 27.5 Å². The van der Waals surface area contributed by atoms with Crippen LogP contribution in [0.15, 0.2) is 42.6 Å². The molecule has 1 atom stereocenters. The number of anilines is 3. The number of nitriles is 1. The van der Waals surface area contributed by atoms with E-state index in [2.05, 4.69) is 55.2 Å². The first-order valence-electron chi connectivity index (χ1n) is 15.7. The summed E-state index contributed by atoms with van der Waals surface area (Å²) < 4.78 is 47.0. The van der Waals surface area contributed by atoms with Crippen molar-refractivity contribution in [2.75, 3.05) is 30.0 Å². The molecule has 0 fully saturated rings. The van der Waals surface area contributed by atoms with Crippen molar-refractivity contribution in [2.24, 2.45) is 0 Å². The minimum Gasteiger partial charge on any atom is -0.493 e. The number of benzene rings is 2. The Labute approximate surface area is 276 Å². The van der Waals surface area contributed by atoms with Crippen molar-refractivity contribution in [3.05, 3.63) is 59.3 Å². The maximum Gasteiger partial charge on any atom is 0.414 e. The lowest BCUT2D eigenvalue weighted by Gasteiger charge is -2.39. The number of aromatic nitrogens is 2. The molecule has 12 heteroatoms. The van der Waals surface area contributed by atoms with Gasteiger partial charge in [-0.05, 0) is 80.9 Å². The zero-order valence-corrected chi connectivity index (χ0v) is 29.5. The highest BCUT2D eigenvalue weighted by Gasteiger charge is 2.47. The Morgan fingerprint density at radius 3 is 2.51 bits per heavy atom. The van der Waals surface area contributed by atoms with Gasteiger partial charge in [-0.2, -0.15) is 5.26 Å². The van der Waals surface area contributed by atoms with Gasteiger partial charge in [-0.25, -0.2) is 23.5 Å². The van der Waals surface area contributed by atoms with E-state index in [9.17, 15) is 18.8 Å². The smallest absolute Gasteiger partial charge is 0.414 e. The molecule has 2 aliphatic heterocycles. The molecule has 3 heterocycles. The molecular weight excluding hydrogens is 620 g/mol. The van der Waals surface area contributed by atoms with Gasteiger partial charge in [0.15, 0.2) is 8.32 Å². The van der Waals surface area contributed by atoms with Crippen LogP contribution in [0.2, 0.25) is 18.1 Å². The number of hydrogen-bond donors (Lipinski definition) is 1. The largest absolute Gasteiger partial charge is 0.493 e. The van der Waals surface area contributed by atoms with Crippen molar-refractivity contribution in [1.82, 2.24) is 9.97 Å². The number of halogens is 2. The van der Waals surface area contributed by atoms with Crippen LogP contribution in [0.3, 0.4) is 0 Å². The number of fused-ring (bicyclic) bond motifs is 2. The molecular formula is C35H43F2N5O4Si. The standard InChI is InChI=1S/C35H43F2N5O4Si/c1-32(2,3)46-31(43)42-20-34(7,21-45-47(8,9)33(4,5)6)26-17-22(16-23(19-38)29(26)42)27-12-14-39-30(41-27)40-24-10-11-28-25(18-24)35(36,37)13-15-44-28/h10-12,14,16-18H,13,15,20-21H2,1-9H3,(H,39,40,41). The van der Waals surface area contributed by atoms with Crippen LogP contribution in [-0.2, 0) is 20.5 Å². The second-order valence-corrected chi connectivity index (χ2v) is 19.9. The Bertz CT molecular complexity index is 1750. The Morgan fingerprint density at radius 2 is 1.85 bits per heavy atom. The van der Waals surface area contributed by atoms with E-state index in [1.165, 1.54) is 12.1 Å². The fraction of sp³-hybridized carbons (Fsp3) is 0.486. The number of rotatable bonds is 6. The number of carbonyl (C=O) groups excluding carboxylic acids is 1. The fourth-order valence-electron chi connectivity index (χ4n) is 5.44. The van der Waals surface area contributed by atoms with E-state index in [1.54, 1.807) is 50.1 Å². The molecule has 0 saturated heterocycles. The summed E-state index contributed by atoms with van der Waals surface area (Å²) in [7, 11) is -2.17. The molecule has 2 aromatic carbocycles. The number of nitrogens with one attached hydrogen (secondary N) is 1. The highest BCUT2D eigenvalue weighted by atomic mass is 28.4. The Balaban J connectivity index is 1.54. The van der Waals surface area contributed by atoms with Gasteiger partial charge < -0.3 is 19.2 Å². The SMILES string of the molecule is CC(C)(C)OC(=O)N1CC(C)(CO[Si](C)(C)C(C)(C)C)c2cc(-c3ccnc(Nc4ccc5c(c4)C(F)(F)CCO5)n3)cc(C#N)c21. The summed E-state index contributed by atoms with van der Waals surface area (Å²) in [5, 5.41) is 13.4. The molecule has 0 spiro atoms. The summed E-state index contributed by atoms with van der Waals surface area (Å²) >= 11 is 0. The van der Waals surface area contributed by atoms with Gasteiger partial charge in [0, 0.05) is 36.0 Å². The van der Waals surface area contributed by atoms with Crippen LogP contribution in [0.4, 0.5) is 30.9 Å². The molecule has 3 aromatic rings. The number of amides is 1. The third-order valence-corrected chi connectivity index (χ3v) is 13.6. The average Bonchev–Trinajstić information content (AvgIpc) is 3.28. The van der Waals surface area contributed by atoms with Crippen LogP contribution in [0.25, 0.3) is 11.3 Å². The zero-order valence-electron chi connectivity index (χ0n) is 28.5. The van der Waals surface area contributed by atoms with Crippen molar-refractivity contribution in [1.29, 1.82) is 5.26 Å². The van der Waals surface area contributed by atoms with Crippen LogP contribution < -0.4 is 15.0 Å². The van der Waals surface area contributed by atoms with Crippen LogP contribution in [0.1, 0.15) is 71.6 Å². The predicted molar refractivity (Wildman–Crippen MR) is 180 cm³/mol. The molecule has 5 rings (SSSR count). The molecule has 1 aromatic heterocycles. The van der Waals surface area contributed by atoms with E-state index >= 15 is 0 Å². The molecule has 0 aliphatic carbocycles. The number of nitrogens with zero attached hydrogens (tertiary/aromatic N) is 4. The van der Waals surface area contributed by atoms with Crippen molar-refractivity contribution >= 4 is 31.7 Å². The van der Waals surface area contributed by atoms with Gasteiger partial charge in [0.05, 0.1) is 35.5 Å².